The van der Waals surface area contributed by atoms with E-state index < -0.39 is 0 Å². The lowest BCUT2D eigenvalue weighted by Crippen LogP contribution is -1.95. The van der Waals surface area contributed by atoms with Crippen molar-refractivity contribution in [3.05, 3.63) is 11.5 Å². The molecule has 17 heavy (non-hydrogen) atoms. The number of H-pyrrole nitrogens is 1. The van der Waals surface area contributed by atoms with Crippen LogP contribution in [0.1, 0.15) is 43.1 Å². The molecule has 2 aromatic rings. The van der Waals surface area contributed by atoms with E-state index in [9.17, 15) is 0 Å². The predicted octanol–water partition coefficient (Wildman–Crippen LogP) is 2.48. The predicted molar refractivity (Wildman–Crippen MR) is 67.8 cm³/mol. The third-order valence-electron chi connectivity index (χ3n) is 3.36. The van der Waals surface area contributed by atoms with E-state index in [2.05, 4.69) is 19.6 Å². The average molecular weight is 249 g/mol. The van der Waals surface area contributed by atoms with Crippen molar-refractivity contribution in [1.82, 2.24) is 19.6 Å². The maximum atomic E-state index is 5.90. The summed E-state index contributed by atoms with van der Waals surface area (Å²) in [5.74, 6) is 2.24. The largest absolute Gasteiger partial charge is 0.389 e. The van der Waals surface area contributed by atoms with Gasteiger partial charge in [-0.15, -0.1) is 0 Å². The monoisotopic (exact) mass is 249 g/mol. The van der Waals surface area contributed by atoms with E-state index in [1.807, 2.05) is 6.92 Å². The molecule has 90 valence electrons. The lowest BCUT2D eigenvalue weighted by molar-refractivity contribution is 0.672. The lowest BCUT2D eigenvalue weighted by atomic mass is 10.1. The van der Waals surface area contributed by atoms with E-state index in [0.29, 0.717) is 16.7 Å². The van der Waals surface area contributed by atoms with Gasteiger partial charge >= 0.3 is 0 Å². The van der Waals surface area contributed by atoms with Gasteiger partial charge in [-0.1, -0.05) is 12.8 Å². The fourth-order valence-corrected chi connectivity index (χ4v) is 3.08. The number of rotatable bonds is 2. The van der Waals surface area contributed by atoms with E-state index in [1.54, 1.807) is 0 Å². The van der Waals surface area contributed by atoms with Crippen molar-refractivity contribution in [2.75, 3.05) is 5.73 Å². The summed E-state index contributed by atoms with van der Waals surface area (Å²) in [6, 6.07) is 0. The lowest BCUT2D eigenvalue weighted by Gasteiger charge is -2.01. The number of aryl methyl sites for hydroxylation is 1. The van der Waals surface area contributed by atoms with Gasteiger partial charge in [-0.2, -0.15) is 9.47 Å². The minimum absolute atomic E-state index is 0.546. The molecule has 2 heterocycles. The number of nitrogens with zero attached hydrogens (tertiary/aromatic N) is 3. The summed E-state index contributed by atoms with van der Waals surface area (Å²) in [5, 5.41) is 8.02. The second kappa shape index (κ2) is 4.10. The zero-order valence-corrected chi connectivity index (χ0v) is 10.5. The smallest absolute Gasteiger partial charge is 0.186 e. The molecule has 0 spiro atoms. The molecule has 0 atom stereocenters. The van der Waals surface area contributed by atoms with Crippen molar-refractivity contribution in [2.24, 2.45) is 0 Å². The van der Waals surface area contributed by atoms with Gasteiger partial charge in [0.2, 0.25) is 0 Å². The summed E-state index contributed by atoms with van der Waals surface area (Å²) in [7, 11) is 0. The molecule has 0 aliphatic heterocycles. The Labute approximate surface area is 104 Å². The highest BCUT2D eigenvalue weighted by molar-refractivity contribution is 7.10. The van der Waals surface area contributed by atoms with Crippen molar-refractivity contribution >= 4 is 16.5 Å². The summed E-state index contributed by atoms with van der Waals surface area (Å²) in [4.78, 5) is 4.58. The molecule has 0 amide bonds. The summed E-state index contributed by atoms with van der Waals surface area (Å²) in [5.41, 5.74) is 7.69. The molecule has 1 saturated carbocycles. The van der Waals surface area contributed by atoms with Crippen molar-refractivity contribution in [1.29, 1.82) is 0 Å². The maximum Gasteiger partial charge on any atom is 0.186 e. The van der Waals surface area contributed by atoms with Gasteiger partial charge in [0.1, 0.15) is 10.8 Å². The van der Waals surface area contributed by atoms with Gasteiger partial charge in [-0.3, -0.25) is 5.10 Å². The molecule has 1 fully saturated rings. The van der Waals surface area contributed by atoms with Crippen LogP contribution >= 0.6 is 11.5 Å². The van der Waals surface area contributed by atoms with Gasteiger partial charge in [-0.25, -0.2) is 4.98 Å². The van der Waals surface area contributed by atoms with Gasteiger partial charge < -0.3 is 5.73 Å². The Morgan fingerprint density at radius 1 is 1.35 bits per heavy atom. The quantitative estimate of drug-likeness (QED) is 0.856. The molecule has 6 heteroatoms. The minimum Gasteiger partial charge on any atom is -0.389 e. The Hall–Kier alpha value is -1.43. The van der Waals surface area contributed by atoms with Crippen LogP contribution < -0.4 is 5.73 Å². The molecule has 0 aromatic carbocycles. The number of anilines is 1. The van der Waals surface area contributed by atoms with Gasteiger partial charge in [0.05, 0.1) is 11.3 Å². The molecule has 1 aliphatic rings. The number of aromatic nitrogens is 4. The first-order valence-corrected chi connectivity index (χ1v) is 6.67. The number of nitrogens with one attached hydrogen (secondary N) is 1. The van der Waals surface area contributed by atoms with Crippen LogP contribution in [0.2, 0.25) is 0 Å². The summed E-state index contributed by atoms with van der Waals surface area (Å²) in [6.07, 6.45) is 5.01. The van der Waals surface area contributed by atoms with Gasteiger partial charge in [0.15, 0.2) is 5.82 Å². The molecule has 0 saturated heterocycles. The van der Waals surface area contributed by atoms with E-state index in [-0.39, 0.29) is 0 Å². The minimum atomic E-state index is 0.546. The van der Waals surface area contributed by atoms with Crippen molar-refractivity contribution in [3.63, 3.8) is 0 Å². The highest BCUT2D eigenvalue weighted by Crippen LogP contribution is 2.34. The number of hydrogen-bond donors (Lipinski definition) is 2. The van der Waals surface area contributed by atoms with E-state index in [4.69, 9.17) is 5.73 Å². The van der Waals surface area contributed by atoms with E-state index in [1.165, 1.54) is 37.2 Å². The van der Waals surface area contributed by atoms with Crippen LogP contribution in [-0.4, -0.2) is 19.6 Å². The van der Waals surface area contributed by atoms with Crippen LogP contribution in [-0.2, 0) is 0 Å². The molecule has 1 aliphatic carbocycles. The Morgan fingerprint density at radius 3 is 2.76 bits per heavy atom. The first-order valence-electron chi connectivity index (χ1n) is 5.90. The second-order valence-corrected chi connectivity index (χ2v) is 5.34. The van der Waals surface area contributed by atoms with Crippen LogP contribution in [0.5, 0.6) is 0 Å². The maximum absolute atomic E-state index is 5.90. The second-order valence-electron chi connectivity index (χ2n) is 4.53. The summed E-state index contributed by atoms with van der Waals surface area (Å²) >= 11 is 1.30. The van der Waals surface area contributed by atoms with Crippen molar-refractivity contribution in [2.45, 2.75) is 38.5 Å². The number of nitrogens with two attached hydrogens (primary N) is 1. The Bertz CT molecular complexity index is 504. The number of aromatic amines is 1. The van der Waals surface area contributed by atoms with Crippen LogP contribution in [0.4, 0.5) is 5.00 Å². The third-order valence-corrected chi connectivity index (χ3v) is 4.12. The first kappa shape index (κ1) is 10.7. The third kappa shape index (κ3) is 1.82. The normalized spacial score (nSPS) is 16.8. The topological polar surface area (TPSA) is 80.5 Å². The molecule has 3 rings (SSSR count). The molecule has 2 aromatic heterocycles. The SMILES string of the molecule is Cc1nsc(N)c1-c1n[nH]c(C2CCCC2)n1. The average Bonchev–Trinajstić information content (AvgIpc) is 2.98. The van der Waals surface area contributed by atoms with Gasteiger partial charge in [0, 0.05) is 5.92 Å². The van der Waals surface area contributed by atoms with Gasteiger partial charge in [0.25, 0.3) is 0 Å². The summed E-state index contributed by atoms with van der Waals surface area (Å²) in [6.45, 7) is 1.94. The Balaban J connectivity index is 1.94. The molecule has 0 unspecified atom stereocenters. The fraction of sp³-hybridized carbons (Fsp3) is 0.545. The molecular formula is C11H15N5S. The van der Waals surface area contributed by atoms with E-state index in [0.717, 1.165) is 17.1 Å². The zero-order valence-electron chi connectivity index (χ0n) is 9.73. The highest BCUT2D eigenvalue weighted by atomic mass is 32.1. The first-order chi connectivity index (χ1) is 8.25. The molecule has 5 nitrogen and oxygen atoms in total. The standard InChI is InChI=1S/C11H15N5S/c1-6-8(9(12)17-16-6)11-13-10(14-15-11)7-4-2-3-5-7/h7H,2-5,12H2,1H3,(H,13,14,15). The van der Waals surface area contributed by atoms with Crippen LogP contribution in [0.25, 0.3) is 11.4 Å². The van der Waals surface area contributed by atoms with Crippen molar-refractivity contribution < 1.29 is 0 Å². The Morgan fingerprint density at radius 2 is 2.12 bits per heavy atom. The zero-order chi connectivity index (χ0) is 11.8. The van der Waals surface area contributed by atoms with Crippen molar-refractivity contribution in [3.8, 4) is 11.4 Å². The van der Waals surface area contributed by atoms with Crippen LogP contribution in [0, 0.1) is 6.92 Å². The number of nitrogen functional groups attached to an aromatic ring is 1. The molecule has 0 radical (unpaired) electrons. The van der Waals surface area contributed by atoms with Crippen LogP contribution in [0.3, 0.4) is 0 Å². The number of hydrogen-bond acceptors (Lipinski definition) is 5. The van der Waals surface area contributed by atoms with E-state index >= 15 is 0 Å². The molecular weight excluding hydrogens is 234 g/mol. The summed E-state index contributed by atoms with van der Waals surface area (Å²) < 4.78 is 4.22. The molecule has 3 N–H and O–H groups in total. The Kier molecular flexibility index (Phi) is 2.58. The van der Waals surface area contributed by atoms with Crippen LogP contribution in [0.15, 0.2) is 0 Å². The molecule has 0 bridgehead atoms. The fourth-order valence-electron chi connectivity index (χ4n) is 2.43. The highest BCUT2D eigenvalue weighted by Gasteiger charge is 2.22. The van der Waals surface area contributed by atoms with Gasteiger partial charge in [-0.05, 0) is 31.3 Å².